The van der Waals surface area contributed by atoms with Crippen molar-refractivity contribution in [1.29, 1.82) is 0 Å². The van der Waals surface area contributed by atoms with E-state index in [9.17, 15) is 9.59 Å². The quantitative estimate of drug-likeness (QED) is 0.423. The van der Waals surface area contributed by atoms with Crippen molar-refractivity contribution in [3.05, 3.63) is 0 Å². The van der Waals surface area contributed by atoms with Gasteiger partial charge >= 0.3 is 12.1 Å². The number of hydrogen-bond donors (Lipinski definition) is 0. The monoisotopic (exact) mass is 478 g/mol. The molecule has 3 saturated heterocycles. The van der Waals surface area contributed by atoms with E-state index < -0.39 is 0 Å². The van der Waals surface area contributed by atoms with Crippen LogP contribution in [-0.4, -0.2) is 116 Å². The lowest BCUT2D eigenvalue weighted by atomic mass is 9.91. The zero-order valence-corrected chi connectivity index (χ0v) is 21.3. The number of hydrogen-bond acceptors (Lipinski definition) is 7. The summed E-state index contributed by atoms with van der Waals surface area (Å²) in [6, 6.07) is 0.867. The number of nitrogens with zero attached hydrogens (tertiary/aromatic N) is 4. The van der Waals surface area contributed by atoms with Gasteiger partial charge in [-0.2, -0.15) is 0 Å². The van der Waals surface area contributed by atoms with Crippen molar-refractivity contribution < 1.29 is 19.1 Å². The fourth-order valence-corrected chi connectivity index (χ4v) is 6.33. The molecule has 1 aliphatic carbocycles. The van der Waals surface area contributed by atoms with Crippen LogP contribution < -0.4 is 0 Å². The van der Waals surface area contributed by atoms with Gasteiger partial charge in [-0.1, -0.05) is 12.8 Å². The van der Waals surface area contributed by atoms with Crippen molar-refractivity contribution in [2.75, 3.05) is 72.6 Å². The van der Waals surface area contributed by atoms with Crippen molar-refractivity contribution in [2.45, 2.75) is 76.4 Å². The number of amides is 1. The number of cyclic esters (lactones) is 1. The Hall–Kier alpha value is -1.38. The first-order chi connectivity index (χ1) is 16.6. The van der Waals surface area contributed by atoms with E-state index in [1.807, 2.05) is 4.90 Å². The van der Waals surface area contributed by atoms with Crippen LogP contribution in [0.4, 0.5) is 4.79 Å². The molecular weight excluding hydrogens is 432 g/mol. The highest BCUT2D eigenvalue weighted by Crippen LogP contribution is 2.29. The van der Waals surface area contributed by atoms with Gasteiger partial charge in [-0.05, 0) is 70.5 Å². The number of carbonyl (C=O) groups is 2. The second-order valence-corrected chi connectivity index (χ2v) is 10.8. The summed E-state index contributed by atoms with van der Waals surface area (Å²) < 4.78 is 10.4. The van der Waals surface area contributed by atoms with E-state index in [4.69, 9.17) is 9.47 Å². The predicted molar refractivity (Wildman–Crippen MR) is 132 cm³/mol. The molecule has 0 radical (unpaired) electrons. The van der Waals surface area contributed by atoms with Crippen LogP contribution in [0, 0.1) is 5.92 Å². The van der Waals surface area contributed by atoms with Crippen LogP contribution in [0.2, 0.25) is 0 Å². The molecule has 0 aromatic heterocycles. The largest absolute Gasteiger partial charge is 0.469 e. The van der Waals surface area contributed by atoms with Crippen molar-refractivity contribution in [2.24, 2.45) is 5.92 Å². The zero-order valence-electron chi connectivity index (χ0n) is 21.3. The SMILES string of the molecule is COC(=O)CCCN1CCN(CC2CN(CCCC3CCN(C4CCCC4)CC3)C(=O)O2)CC1. The summed E-state index contributed by atoms with van der Waals surface area (Å²) in [5.74, 6) is 0.701. The molecule has 3 heterocycles. The molecule has 194 valence electrons. The number of piperidine rings is 1. The topological polar surface area (TPSA) is 65.6 Å². The van der Waals surface area contributed by atoms with Crippen LogP contribution in [0.1, 0.15) is 64.2 Å². The highest BCUT2D eigenvalue weighted by atomic mass is 16.6. The highest BCUT2D eigenvalue weighted by Gasteiger charge is 2.33. The Morgan fingerprint density at radius 2 is 1.65 bits per heavy atom. The van der Waals surface area contributed by atoms with Gasteiger partial charge in [0, 0.05) is 51.7 Å². The molecule has 8 heteroatoms. The molecule has 0 N–H and O–H groups in total. The van der Waals surface area contributed by atoms with Gasteiger partial charge in [0.05, 0.1) is 13.7 Å². The van der Waals surface area contributed by atoms with Crippen LogP contribution in [0.3, 0.4) is 0 Å². The highest BCUT2D eigenvalue weighted by molar-refractivity contribution is 5.70. The third-order valence-electron chi connectivity index (χ3n) is 8.49. The van der Waals surface area contributed by atoms with Gasteiger partial charge in [0.1, 0.15) is 6.10 Å². The van der Waals surface area contributed by atoms with Crippen LogP contribution in [0.15, 0.2) is 0 Å². The summed E-state index contributed by atoms with van der Waals surface area (Å²) in [6.45, 7) is 9.90. The van der Waals surface area contributed by atoms with Crippen molar-refractivity contribution in [3.63, 3.8) is 0 Å². The number of carbonyl (C=O) groups excluding carboxylic acids is 2. The van der Waals surface area contributed by atoms with Gasteiger partial charge in [0.15, 0.2) is 0 Å². The number of rotatable bonds is 11. The summed E-state index contributed by atoms with van der Waals surface area (Å²) in [5.41, 5.74) is 0. The molecule has 4 rings (SSSR count). The van der Waals surface area contributed by atoms with Gasteiger partial charge in [-0.3, -0.25) is 9.69 Å². The number of piperazine rings is 1. The number of ether oxygens (including phenoxy) is 2. The summed E-state index contributed by atoms with van der Waals surface area (Å²) in [5, 5.41) is 0. The molecule has 0 aromatic carbocycles. The third kappa shape index (κ3) is 7.56. The van der Waals surface area contributed by atoms with E-state index in [1.54, 1.807) is 0 Å². The normalized spacial score (nSPS) is 26.3. The first-order valence-electron chi connectivity index (χ1n) is 13.8. The number of esters is 1. The Balaban J connectivity index is 1.06. The molecule has 0 spiro atoms. The molecule has 34 heavy (non-hydrogen) atoms. The second kappa shape index (κ2) is 13.1. The summed E-state index contributed by atoms with van der Waals surface area (Å²) in [7, 11) is 1.44. The third-order valence-corrected chi connectivity index (χ3v) is 8.49. The number of methoxy groups -OCH3 is 1. The first kappa shape index (κ1) is 25.7. The molecule has 1 saturated carbocycles. The lowest BCUT2D eigenvalue weighted by molar-refractivity contribution is -0.140. The standard InChI is InChI=1S/C26H46N4O4/c1-33-25(31)9-5-12-27-16-18-28(19-17-27)20-24-21-30(26(32)34-24)13-4-6-22-10-14-29(15-11-22)23-7-2-3-8-23/h22-24H,2-21H2,1H3. The van der Waals surface area contributed by atoms with Crippen LogP contribution in [-0.2, 0) is 14.3 Å². The van der Waals surface area contributed by atoms with Crippen LogP contribution in [0.25, 0.3) is 0 Å². The molecule has 4 aliphatic rings. The minimum atomic E-state index is -0.129. The molecule has 1 atom stereocenters. The van der Waals surface area contributed by atoms with E-state index in [0.717, 1.165) is 77.2 Å². The minimum Gasteiger partial charge on any atom is -0.469 e. The Morgan fingerprint density at radius 3 is 2.35 bits per heavy atom. The van der Waals surface area contributed by atoms with Gasteiger partial charge in [-0.15, -0.1) is 0 Å². The van der Waals surface area contributed by atoms with Gasteiger partial charge < -0.3 is 24.2 Å². The Morgan fingerprint density at radius 1 is 0.941 bits per heavy atom. The lowest BCUT2D eigenvalue weighted by Crippen LogP contribution is -2.49. The van der Waals surface area contributed by atoms with Crippen LogP contribution >= 0.6 is 0 Å². The maximum atomic E-state index is 12.4. The molecule has 8 nitrogen and oxygen atoms in total. The summed E-state index contributed by atoms with van der Waals surface area (Å²) >= 11 is 0. The lowest BCUT2D eigenvalue weighted by Gasteiger charge is -2.36. The molecule has 1 amide bonds. The number of likely N-dealkylation sites (tertiary alicyclic amines) is 1. The first-order valence-corrected chi connectivity index (χ1v) is 13.8. The summed E-state index contributed by atoms with van der Waals surface area (Å²) in [6.07, 6.45) is 11.9. The summed E-state index contributed by atoms with van der Waals surface area (Å²) in [4.78, 5) is 33.1. The zero-order chi connectivity index (χ0) is 23.8. The van der Waals surface area contributed by atoms with Gasteiger partial charge in [0.25, 0.3) is 0 Å². The Bertz CT molecular complexity index is 641. The van der Waals surface area contributed by atoms with E-state index in [0.29, 0.717) is 6.42 Å². The van der Waals surface area contributed by atoms with E-state index in [1.165, 1.54) is 65.1 Å². The maximum Gasteiger partial charge on any atom is 0.410 e. The fraction of sp³-hybridized carbons (Fsp3) is 0.923. The van der Waals surface area contributed by atoms with Crippen molar-refractivity contribution >= 4 is 12.1 Å². The second-order valence-electron chi connectivity index (χ2n) is 10.8. The average molecular weight is 479 g/mol. The fourth-order valence-electron chi connectivity index (χ4n) is 6.33. The molecule has 1 unspecified atom stereocenters. The van der Waals surface area contributed by atoms with E-state index in [2.05, 4.69) is 14.7 Å². The van der Waals surface area contributed by atoms with Gasteiger partial charge in [0.2, 0.25) is 0 Å². The predicted octanol–water partition coefficient (Wildman–Crippen LogP) is 2.81. The van der Waals surface area contributed by atoms with E-state index in [-0.39, 0.29) is 18.2 Å². The van der Waals surface area contributed by atoms with Crippen molar-refractivity contribution in [3.8, 4) is 0 Å². The maximum absolute atomic E-state index is 12.4. The minimum absolute atomic E-state index is 0.00646. The molecule has 0 aromatic rings. The Kier molecular flexibility index (Phi) is 9.88. The smallest absolute Gasteiger partial charge is 0.410 e. The molecular formula is C26H46N4O4. The van der Waals surface area contributed by atoms with Crippen molar-refractivity contribution in [1.82, 2.24) is 19.6 Å². The van der Waals surface area contributed by atoms with Gasteiger partial charge in [-0.25, -0.2) is 4.79 Å². The molecule has 4 fully saturated rings. The van der Waals surface area contributed by atoms with E-state index >= 15 is 0 Å². The molecule has 3 aliphatic heterocycles. The Labute approximate surface area is 205 Å². The average Bonchev–Trinajstić information content (AvgIpc) is 3.51. The molecule has 0 bridgehead atoms. The van der Waals surface area contributed by atoms with Crippen LogP contribution in [0.5, 0.6) is 0 Å².